The van der Waals surface area contributed by atoms with Crippen molar-refractivity contribution in [2.45, 2.75) is 18.4 Å². The van der Waals surface area contributed by atoms with Gasteiger partial charge in [-0.3, -0.25) is 9.78 Å². The molecule has 0 radical (unpaired) electrons. The van der Waals surface area contributed by atoms with Crippen molar-refractivity contribution in [3.63, 3.8) is 0 Å². The van der Waals surface area contributed by atoms with Gasteiger partial charge in [-0.05, 0) is 55.2 Å². The molecule has 6 nitrogen and oxygen atoms in total. The first-order valence-electron chi connectivity index (χ1n) is 8.23. The van der Waals surface area contributed by atoms with Crippen molar-refractivity contribution in [3.05, 3.63) is 70.7 Å². The summed E-state index contributed by atoms with van der Waals surface area (Å²) in [6, 6.07) is 13.9. The Bertz CT molecular complexity index is 1040. The van der Waals surface area contributed by atoms with E-state index in [1.54, 1.807) is 29.5 Å². The Balaban J connectivity index is 1.67. The molecule has 1 aromatic carbocycles. The topological polar surface area (TPSA) is 88.2 Å². The van der Waals surface area contributed by atoms with Gasteiger partial charge in [0.2, 0.25) is 10.0 Å². The third-order valence-corrected chi connectivity index (χ3v) is 6.38. The molecule has 2 N–H and O–H groups in total. The van der Waals surface area contributed by atoms with Crippen LogP contribution < -0.4 is 10.0 Å². The van der Waals surface area contributed by atoms with E-state index in [2.05, 4.69) is 15.0 Å². The Morgan fingerprint density at radius 2 is 1.85 bits per heavy atom. The highest BCUT2D eigenvalue weighted by molar-refractivity contribution is 7.89. The largest absolute Gasteiger partial charge is 0.348 e. The molecule has 0 atom stereocenters. The summed E-state index contributed by atoms with van der Waals surface area (Å²) < 4.78 is 25.7. The Morgan fingerprint density at radius 3 is 2.44 bits per heavy atom. The maximum Gasteiger partial charge on any atom is 0.253 e. The van der Waals surface area contributed by atoms with Crippen LogP contribution in [0.25, 0.3) is 10.6 Å². The zero-order valence-electron chi connectivity index (χ0n) is 14.9. The average Bonchev–Trinajstić information content (AvgIpc) is 3.21. The zero-order chi connectivity index (χ0) is 19.4. The van der Waals surface area contributed by atoms with Gasteiger partial charge in [0, 0.05) is 6.54 Å². The van der Waals surface area contributed by atoms with Crippen molar-refractivity contribution < 1.29 is 13.2 Å². The molecule has 2 aromatic heterocycles. The first-order chi connectivity index (χ1) is 12.9. The van der Waals surface area contributed by atoms with Crippen LogP contribution in [0, 0.1) is 6.92 Å². The van der Waals surface area contributed by atoms with Gasteiger partial charge in [0.05, 0.1) is 26.7 Å². The molecule has 0 saturated heterocycles. The minimum Gasteiger partial charge on any atom is -0.348 e. The smallest absolute Gasteiger partial charge is 0.253 e. The summed E-state index contributed by atoms with van der Waals surface area (Å²) in [5.41, 5.74) is 2.83. The molecular formula is C19H19N3O3S2. The number of hydrogen-bond donors (Lipinski definition) is 2. The fraction of sp³-hybridized carbons (Fsp3) is 0.158. The van der Waals surface area contributed by atoms with E-state index >= 15 is 0 Å². The van der Waals surface area contributed by atoms with Gasteiger partial charge >= 0.3 is 0 Å². The van der Waals surface area contributed by atoms with E-state index in [1.807, 2.05) is 30.5 Å². The van der Waals surface area contributed by atoms with Gasteiger partial charge in [0.15, 0.2) is 0 Å². The van der Waals surface area contributed by atoms with Gasteiger partial charge in [-0.25, -0.2) is 13.1 Å². The van der Waals surface area contributed by atoms with E-state index in [-0.39, 0.29) is 10.8 Å². The number of benzene rings is 1. The first-order valence-corrected chi connectivity index (χ1v) is 10.6. The fourth-order valence-corrected chi connectivity index (χ4v) is 3.97. The number of thiophene rings is 1. The normalized spacial score (nSPS) is 11.3. The molecule has 3 rings (SSSR count). The summed E-state index contributed by atoms with van der Waals surface area (Å²) in [7, 11) is -2.10. The van der Waals surface area contributed by atoms with Crippen molar-refractivity contribution in [2.75, 3.05) is 7.05 Å². The van der Waals surface area contributed by atoms with Crippen LogP contribution >= 0.6 is 11.3 Å². The maximum atomic E-state index is 12.5. The van der Waals surface area contributed by atoms with Gasteiger partial charge in [0.25, 0.3) is 5.91 Å². The second kappa shape index (κ2) is 7.99. The molecule has 0 fully saturated rings. The molecule has 0 spiro atoms. The van der Waals surface area contributed by atoms with Crippen LogP contribution in [-0.2, 0) is 16.6 Å². The number of carbonyl (C=O) groups excluding carboxylic acids is 1. The summed E-state index contributed by atoms with van der Waals surface area (Å²) in [5, 5.41) is 4.83. The van der Waals surface area contributed by atoms with E-state index < -0.39 is 10.0 Å². The minimum absolute atomic E-state index is 0.185. The van der Waals surface area contributed by atoms with Gasteiger partial charge < -0.3 is 5.32 Å². The number of sulfonamides is 1. The molecule has 8 heteroatoms. The summed E-state index contributed by atoms with van der Waals surface area (Å²) >= 11 is 1.60. The molecule has 27 heavy (non-hydrogen) atoms. The molecule has 0 unspecified atom stereocenters. The number of hydrogen-bond acceptors (Lipinski definition) is 5. The number of carbonyl (C=O) groups is 1. The molecule has 0 aliphatic carbocycles. The second-order valence-corrected chi connectivity index (χ2v) is 8.68. The summed E-state index contributed by atoms with van der Waals surface area (Å²) in [6.07, 6.45) is 0. The van der Waals surface area contributed by atoms with Crippen LogP contribution in [-0.4, -0.2) is 26.4 Å². The van der Waals surface area contributed by atoms with Crippen LogP contribution in [0.5, 0.6) is 0 Å². The van der Waals surface area contributed by atoms with Crippen molar-refractivity contribution in [1.29, 1.82) is 0 Å². The van der Waals surface area contributed by atoms with Crippen LogP contribution in [0.1, 0.15) is 21.6 Å². The third kappa shape index (κ3) is 4.41. The Labute approximate surface area is 162 Å². The first kappa shape index (κ1) is 19.2. The molecule has 0 bridgehead atoms. The lowest BCUT2D eigenvalue weighted by Gasteiger charge is -2.09. The SMILES string of the molecule is CNS(=O)(=O)c1ccc(CNC(=O)c2ccc(-c3cccs3)nc2C)cc1. The van der Waals surface area contributed by atoms with Crippen LogP contribution in [0.15, 0.2) is 58.8 Å². The highest BCUT2D eigenvalue weighted by Gasteiger charge is 2.13. The molecule has 140 valence electrons. The van der Waals surface area contributed by atoms with E-state index in [4.69, 9.17) is 0 Å². The lowest BCUT2D eigenvalue weighted by atomic mass is 10.1. The number of aryl methyl sites for hydroxylation is 1. The number of pyridine rings is 1. The molecular weight excluding hydrogens is 382 g/mol. The van der Waals surface area contributed by atoms with Gasteiger partial charge in [-0.15, -0.1) is 11.3 Å². The lowest BCUT2D eigenvalue weighted by Crippen LogP contribution is -2.24. The zero-order valence-corrected chi connectivity index (χ0v) is 16.5. The highest BCUT2D eigenvalue weighted by Crippen LogP contribution is 2.23. The Morgan fingerprint density at radius 1 is 1.11 bits per heavy atom. The average molecular weight is 402 g/mol. The van der Waals surface area contributed by atoms with Crippen molar-refractivity contribution in [2.24, 2.45) is 0 Å². The maximum absolute atomic E-state index is 12.5. The number of amides is 1. The predicted octanol–water partition coefficient (Wildman–Crippen LogP) is 2.96. The van der Waals surface area contributed by atoms with E-state index in [1.165, 1.54) is 19.2 Å². The van der Waals surface area contributed by atoms with Gasteiger partial charge in [-0.2, -0.15) is 0 Å². The van der Waals surface area contributed by atoms with E-state index in [9.17, 15) is 13.2 Å². The summed E-state index contributed by atoms with van der Waals surface area (Å²) in [4.78, 5) is 18.2. The molecule has 0 saturated carbocycles. The Kier molecular flexibility index (Phi) is 5.69. The number of nitrogens with zero attached hydrogens (tertiary/aromatic N) is 1. The molecule has 2 heterocycles. The number of rotatable bonds is 6. The van der Waals surface area contributed by atoms with Crippen molar-refractivity contribution in [1.82, 2.24) is 15.0 Å². The molecule has 0 aliphatic rings. The highest BCUT2D eigenvalue weighted by atomic mass is 32.2. The van der Waals surface area contributed by atoms with Crippen LogP contribution in [0.2, 0.25) is 0 Å². The number of aromatic nitrogens is 1. The van der Waals surface area contributed by atoms with Gasteiger partial charge in [-0.1, -0.05) is 18.2 Å². The van der Waals surface area contributed by atoms with Crippen LogP contribution in [0.4, 0.5) is 0 Å². The summed E-state index contributed by atoms with van der Waals surface area (Å²) in [6.45, 7) is 2.11. The third-order valence-electron chi connectivity index (χ3n) is 4.06. The van der Waals surface area contributed by atoms with Crippen LogP contribution in [0.3, 0.4) is 0 Å². The molecule has 3 aromatic rings. The predicted molar refractivity (Wildman–Crippen MR) is 106 cm³/mol. The quantitative estimate of drug-likeness (QED) is 0.665. The second-order valence-electron chi connectivity index (χ2n) is 5.84. The molecule has 0 aliphatic heterocycles. The Hall–Kier alpha value is -2.55. The minimum atomic E-state index is -3.46. The summed E-state index contributed by atoms with van der Waals surface area (Å²) in [5.74, 6) is -0.218. The van der Waals surface area contributed by atoms with E-state index in [0.717, 1.165) is 16.1 Å². The fourth-order valence-electron chi connectivity index (χ4n) is 2.54. The van der Waals surface area contributed by atoms with Crippen molar-refractivity contribution in [3.8, 4) is 10.6 Å². The monoisotopic (exact) mass is 401 g/mol. The van der Waals surface area contributed by atoms with E-state index in [0.29, 0.717) is 17.8 Å². The van der Waals surface area contributed by atoms with Crippen molar-refractivity contribution >= 4 is 27.3 Å². The molecule has 1 amide bonds. The van der Waals surface area contributed by atoms with Gasteiger partial charge in [0.1, 0.15) is 0 Å². The standard InChI is InChI=1S/C19H19N3O3S2/c1-13-16(9-10-17(22-13)18-4-3-11-26-18)19(23)21-12-14-5-7-15(8-6-14)27(24,25)20-2/h3-11,20H,12H2,1-2H3,(H,21,23). The number of nitrogens with one attached hydrogen (secondary N) is 2. The lowest BCUT2D eigenvalue weighted by molar-refractivity contribution is 0.0950.